The zero-order valence-electron chi connectivity index (χ0n) is 15.6. The molecule has 0 aromatic carbocycles. The molecular formula is C17H27N5O2S. The summed E-state index contributed by atoms with van der Waals surface area (Å²) in [6, 6.07) is 0.312. The average Bonchev–Trinajstić information content (AvgIpc) is 3.13. The van der Waals surface area contributed by atoms with Crippen LogP contribution in [0.25, 0.3) is 0 Å². The van der Waals surface area contributed by atoms with E-state index in [1.165, 1.54) is 0 Å². The van der Waals surface area contributed by atoms with Gasteiger partial charge in [-0.05, 0) is 40.5 Å². The van der Waals surface area contributed by atoms with Crippen LogP contribution in [0.4, 0.5) is 0 Å². The van der Waals surface area contributed by atoms with Crippen LogP contribution < -0.4 is 0 Å². The average molecular weight is 366 g/mol. The van der Waals surface area contributed by atoms with Gasteiger partial charge in [0.05, 0.1) is 11.4 Å². The summed E-state index contributed by atoms with van der Waals surface area (Å²) in [7, 11) is -1.77. The van der Waals surface area contributed by atoms with Gasteiger partial charge in [0.15, 0.2) is 0 Å². The van der Waals surface area contributed by atoms with Gasteiger partial charge >= 0.3 is 0 Å². The zero-order chi connectivity index (χ0) is 18.4. The number of nitrogens with zero attached hydrogens (tertiary/aromatic N) is 5. The molecule has 0 unspecified atom stereocenters. The Balaban J connectivity index is 1.92. The summed E-state index contributed by atoms with van der Waals surface area (Å²) in [6.07, 6.45) is 5.58. The fourth-order valence-corrected chi connectivity index (χ4v) is 5.63. The van der Waals surface area contributed by atoms with E-state index in [4.69, 9.17) is 0 Å². The van der Waals surface area contributed by atoms with E-state index >= 15 is 0 Å². The van der Waals surface area contributed by atoms with Crippen LogP contribution in [-0.4, -0.2) is 45.1 Å². The Kier molecular flexibility index (Phi) is 4.76. The fraction of sp³-hybridized carbons (Fsp3) is 0.647. The Bertz CT molecular complexity index is 866. The third kappa shape index (κ3) is 3.13. The van der Waals surface area contributed by atoms with Gasteiger partial charge in [0.25, 0.3) is 0 Å². The molecule has 0 saturated carbocycles. The lowest BCUT2D eigenvalue weighted by Crippen LogP contribution is -2.40. The zero-order valence-corrected chi connectivity index (χ0v) is 16.4. The molecule has 1 aliphatic heterocycles. The molecule has 25 heavy (non-hydrogen) atoms. The number of rotatable bonds is 4. The molecule has 1 saturated heterocycles. The summed E-state index contributed by atoms with van der Waals surface area (Å²) in [5.41, 5.74) is 1.24. The van der Waals surface area contributed by atoms with Crippen molar-refractivity contribution in [3.05, 3.63) is 29.6 Å². The first-order valence-corrected chi connectivity index (χ1v) is 10.2. The Morgan fingerprint density at radius 2 is 2.00 bits per heavy atom. The van der Waals surface area contributed by atoms with Crippen LogP contribution in [0.5, 0.6) is 0 Å². The van der Waals surface area contributed by atoms with E-state index in [1.54, 1.807) is 36.1 Å². The van der Waals surface area contributed by atoms with Crippen molar-refractivity contribution in [2.24, 2.45) is 7.05 Å². The summed E-state index contributed by atoms with van der Waals surface area (Å²) in [5.74, 6) is 1.10. The lowest BCUT2D eigenvalue weighted by Gasteiger charge is -2.32. The SMILES string of the molecule is Cc1nn(C)c(C)c1S(=O)(=O)N1CCC[C@@H](c2nccn2C(C)C)C1. The Morgan fingerprint density at radius 3 is 2.60 bits per heavy atom. The highest BCUT2D eigenvalue weighted by molar-refractivity contribution is 7.89. The molecule has 3 rings (SSSR count). The molecule has 7 nitrogen and oxygen atoms in total. The predicted molar refractivity (Wildman–Crippen MR) is 96.0 cm³/mol. The van der Waals surface area contributed by atoms with Gasteiger partial charge in [0.1, 0.15) is 10.7 Å². The smallest absolute Gasteiger partial charge is 0.246 e. The summed E-state index contributed by atoms with van der Waals surface area (Å²) in [5, 5.41) is 4.27. The first-order chi connectivity index (χ1) is 11.7. The minimum Gasteiger partial charge on any atom is -0.332 e. The van der Waals surface area contributed by atoms with Crippen LogP contribution in [-0.2, 0) is 17.1 Å². The fourth-order valence-electron chi connectivity index (χ4n) is 3.71. The number of hydrogen-bond donors (Lipinski definition) is 0. The van der Waals surface area contributed by atoms with Crippen molar-refractivity contribution >= 4 is 10.0 Å². The van der Waals surface area contributed by atoms with Gasteiger partial charge < -0.3 is 4.57 Å². The van der Waals surface area contributed by atoms with E-state index in [0.717, 1.165) is 18.7 Å². The van der Waals surface area contributed by atoms with Crippen LogP contribution in [0.15, 0.2) is 17.3 Å². The normalized spacial score (nSPS) is 19.7. The van der Waals surface area contributed by atoms with Crippen LogP contribution in [0.1, 0.15) is 55.9 Å². The molecule has 0 spiro atoms. The highest BCUT2D eigenvalue weighted by Crippen LogP contribution is 2.32. The van der Waals surface area contributed by atoms with E-state index in [-0.39, 0.29) is 5.92 Å². The second kappa shape index (κ2) is 6.57. The van der Waals surface area contributed by atoms with E-state index in [0.29, 0.717) is 35.4 Å². The first kappa shape index (κ1) is 18.1. The predicted octanol–water partition coefficient (Wildman–Crippen LogP) is 2.38. The number of imidazole rings is 1. The van der Waals surface area contributed by atoms with Gasteiger partial charge in [-0.1, -0.05) is 0 Å². The van der Waals surface area contributed by atoms with Gasteiger partial charge in [0.2, 0.25) is 10.0 Å². The molecule has 3 heterocycles. The van der Waals surface area contributed by atoms with Gasteiger partial charge in [-0.3, -0.25) is 4.68 Å². The number of hydrogen-bond acceptors (Lipinski definition) is 4. The molecule has 8 heteroatoms. The molecule has 138 valence electrons. The number of sulfonamides is 1. The quantitative estimate of drug-likeness (QED) is 0.834. The van der Waals surface area contributed by atoms with Crippen molar-refractivity contribution in [3.63, 3.8) is 0 Å². The summed E-state index contributed by atoms with van der Waals surface area (Å²) >= 11 is 0. The van der Waals surface area contributed by atoms with Crippen molar-refractivity contribution in [3.8, 4) is 0 Å². The van der Waals surface area contributed by atoms with Gasteiger partial charge in [0, 0.05) is 44.5 Å². The van der Waals surface area contributed by atoms with E-state index in [1.807, 2.05) is 6.20 Å². The largest absolute Gasteiger partial charge is 0.332 e. The minimum absolute atomic E-state index is 0.123. The van der Waals surface area contributed by atoms with E-state index in [2.05, 4.69) is 28.5 Å². The second-order valence-electron chi connectivity index (χ2n) is 7.11. The third-order valence-electron chi connectivity index (χ3n) is 5.04. The van der Waals surface area contributed by atoms with E-state index < -0.39 is 10.0 Å². The monoisotopic (exact) mass is 365 g/mol. The van der Waals surface area contributed by atoms with Crippen molar-refractivity contribution < 1.29 is 8.42 Å². The van der Waals surface area contributed by atoms with Gasteiger partial charge in [-0.25, -0.2) is 13.4 Å². The molecule has 0 N–H and O–H groups in total. The third-order valence-corrected chi connectivity index (χ3v) is 7.16. The van der Waals surface area contributed by atoms with Crippen LogP contribution in [0.2, 0.25) is 0 Å². The van der Waals surface area contributed by atoms with Gasteiger partial charge in [-0.2, -0.15) is 9.40 Å². The van der Waals surface area contributed by atoms with Crippen molar-refractivity contribution in [1.29, 1.82) is 0 Å². The molecule has 0 radical (unpaired) electrons. The molecule has 0 amide bonds. The van der Waals surface area contributed by atoms with Crippen molar-refractivity contribution in [2.45, 2.75) is 57.4 Å². The molecule has 2 aromatic heterocycles. The summed E-state index contributed by atoms with van der Waals surface area (Å²) < 4.78 is 31.8. The highest BCUT2D eigenvalue weighted by atomic mass is 32.2. The standard InChI is InChI=1S/C17H27N5O2S/c1-12(2)22-10-8-18-17(22)15-7-6-9-21(11-15)25(23,24)16-13(3)19-20(5)14(16)4/h8,10,12,15H,6-7,9,11H2,1-5H3/t15-/m1/s1. The summed E-state index contributed by atoms with van der Waals surface area (Å²) in [4.78, 5) is 4.86. The van der Waals surface area contributed by atoms with Crippen molar-refractivity contribution in [2.75, 3.05) is 13.1 Å². The Hall–Kier alpha value is -1.67. The van der Waals surface area contributed by atoms with Crippen molar-refractivity contribution in [1.82, 2.24) is 23.6 Å². The lowest BCUT2D eigenvalue weighted by atomic mass is 9.98. The van der Waals surface area contributed by atoms with Gasteiger partial charge in [-0.15, -0.1) is 0 Å². The number of aryl methyl sites for hydroxylation is 2. The highest BCUT2D eigenvalue weighted by Gasteiger charge is 2.35. The van der Waals surface area contributed by atoms with Crippen LogP contribution in [0, 0.1) is 13.8 Å². The molecule has 1 aliphatic rings. The molecule has 2 aromatic rings. The molecule has 1 atom stereocenters. The first-order valence-electron chi connectivity index (χ1n) is 8.76. The van der Waals surface area contributed by atoms with E-state index in [9.17, 15) is 8.42 Å². The van der Waals surface area contributed by atoms with Crippen LogP contribution in [0.3, 0.4) is 0 Å². The van der Waals surface area contributed by atoms with Crippen LogP contribution >= 0.6 is 0 Å². The molecule has 1 fully saturated rings. The molecule has 0 aliphatic carbocycles. The minimum atomic E-state index is -3.55. The maximum atomic E-state index is 13.2. The number of aromatic nitrogens is 4. The Morgan fingerprint density at radius 1 is 1.28 bits per heavy atom. The maximum Gasteiger partial charge on any atom is 0.246 e. The Labute approximate surface area is 149 Å². The molecular weight excluding hydrogens is 338 g/mol. The molecule has 0 bridgehead atoms. The maximum absolute atomic E-state index is 13.2. The number of piperidine rings is 1. The second-order valence-corrected chi connectivity index (χ2v) is 8.99. The topological polar surface area (TPSA) is 73.0 Å². The summed E-state index contributed by atoms with van der Waals surface area (Å²) in [6.45, 7) is 8.82. The lowest BCUT2D eigenvalue weighted by molar-refractivity contribution is 0.302.